The fourth-order valence-corrected chi connectivity index (χ4v) is 1.90. The van der Waals surface area contributed by atoms with Crippen LogP contribution in [-0.2, 0) is 20.1 Å². The van der Waals surface area contributed by atoms with Crippen LogP contribution in [-0.4, -0.2) is 32.4 Å². The molecular weight excluding hydrogens is 456 g/mol. The molecule has 0 aliphatic carbocycles. The van der Waals surface area contributed by atoms with Crippen molar-refractivity contribution < 1.29 is 30.3 Å². The Kier molecular flexibility index (Phi) is 10.0. The summed E-state index contributed by atoms with van der Waals surface area (Å²) < 4.78 is 0. The van der Waals surface area contributed by atoms with Crippen molar-refractivity contribution in [1.29, 1.82) is 0 Å². The van der Waals surface area contributed by atoms with Gasteiger partial charge in [0.15, 0.2) is 0 Å². The molecule has 1 aromatic heterocycles. The van der Waals surface area contributed by atoms with E-state index in [2.05, 4.69) is 16.0 Å². The van der Waals surface area contributed by atoms with Crippen LogP contribution in [0.1, 0.15) is 31.7 Å². The van der Waals surface area contributed by atoms with Crippen molar-refractivity contribution in [2.45, 2.75) is 46.3 Å². The molecule has 123 valence electrons. The van der Waals surface area contributed by atoms with E-state index in [0.717, 1.165) is 22.6 Å². The van der Waals surface area contributed by atoms with E-state index in [4.69, 9.17) is 10.2 Å². The molecule has 0 fully saturated rings. The molecule has 22 heavy (non-hydrogen) atoms. The Balaban J connectivity index is 0.000000478. The number of aryl methyl sites for hydroxylation is 2. The molecule has 2 N–H and O–H groups in total. The molecule has 2 atom stereocenters. The zero-order valence-corrected chi connectivity index (χ0v) is 15.8. The van der Waals surface area contributed by atoms with E-state index in [1.807, 2.05) is 38.1 Å². The maximum Gasteiger partial charge on any atom is 0.0539 e. The second-order valence-electron chi connectivity index (χ2n) is 5.16. The van der Waals surface area contributed by atoms with Crippen LogP contribution in [0, 0.1) is 19.9 Å². The maximum absolute atomic E-state index is 8.56. The van der Waals surface area contributed by atoms with Gasteiger partial charge in [-0.25, -0.2) is 0 Å². The predicted octanol–water partition coefficient (Wildman–Crippen LogP) is 2.70. The van der Waals surface area contributed by atoms with E-state index in [1.165, 1.54) is 0 Å². The number of benzene rings is 1. The standard InChI is InChI=1S/C12H11N2.C5H12O2.Ir/c1-9-8-13-12(10(2)14-9)11-6-4-3-5-7-11;1-4(6)3-5(2)7;/h3-6,8H,1-2H3;4-7H,3H2,1-2H3;/q-1;;. The van der Waals surface area contributed by atoms with E-state index in [1.54, 1.807) is 20.0 Å². The second kappa shape index (κ2) is 10.6. The summed E-state index contributed by atoms with van der Waals surface area (Å²) in [5.74, 6) is 0. The van der Waals surface area contributed by atoms with Crippen molar-refractivity contribution in [3.63, 3.8) is 0 Å². The molecule has 2 aromatic rings. The van der Waals surface area contributed by atoms with E-state index in [9.17, 15) is 0 Å². The number of aromatic nitrogens is 2. The van der Waals surface area contributed by atoms with Gasteiger partial charge in [0.1, 0.15) is 0 Å². The van der Waals surface area contributed by atoms with Crippen molar-refractivity contribution in [3.8, 4) is 11.3 Å². The zero-order chi connectivity index (χ0) is 15.8. The first-order valence-corrected chi connectivity index (χ1v) is 7.03. The van der Waals surface area contributed by atoms with Crippen molar-refractivity contribution in [2.24, 2.45) is 0 Å². The molecule has 0 aliphatic rings. The van der Waals surface area contributed by atoms with Gasteiger partial charge in [-0.1, -0.05) is 0 Å². The third-order valence-corrected chi connectivity index (χ3v) is 2.71. The number of nitrogens with zero attached hydrogens (tertiary/aromatic N) is 2. The summed E-state index contributed by atoms with van der Waals surface area (Å²) in [6.07, 6.45) is 1.50. The molecule has 2 rings (SSSR count). The Hall–Kier alpha value is -1.13. The van der Waals surface area contributed by atoms with Crippen LogP contribution < -0.4 is 0 Å². The van der Waals surface area contributed by atoms with Gasteiger partial charge in [0.05, 0.1) is 17.9 Å². The Morgan fingerprint density at radius 1 is 1.14 bits per heavy atom. The van der Waals surface area contributed by atoms with Crippen LogP contribution >= 0.6 is 0 Å². The van der Waals surface area contributed by atoms with Gasteiger partial charge in [-0.3, -0.25) is 4.98 Å². The number of rotatable bonds is 3. The summed E-state index contributed by atoms with van der Waals surface area (Å²) in [7, 11) is 0. The molecule has 0 saturated heterocycles. The number of aliphatic hydroxyl groups excluding tert-OH is 2. The average Bonchev–Trinajstić information content (AvgIpc) is 2.38. The summed E-state index contributed by atoms with van der Waals surface area (Å²) in [4.78, 5) is 8.72. The SMILES string of the molecule is CC(O)CC(C)O.Cc1cnc(-c2[c-]cccc2)c(C)n1.[Ir]. The van der Waals surface area contributed by atoms with Crippen LogP contribution in [0.25, 0.3) is 11.3 Å². The zero-order valence-electron chi connectivity index (χ0n) is 13.4. The minimum atomic E-state index is -0.375. The van der Waals surface area contributed by atoms with E-state index in [-0.39, 0.29) is 32.3 Å². The topological polar surface area (TPSA) is 66.2 Å². The quantitative estimate of drug-likeness (QED) is 0.665. The molecule has 0 amide bonds. The van der Waals surface area contributed by atoms with Gasteiger partial charge in [0.2, 0.25) is 0 Å². The van der Waals surface area contributed by atoms with Gasteiger partial charge in [-0.05, 0) is 34.1 Å². The number of aliphatic hydroxyl groups is 2. The molecule has 0 aliphatic heterocycles. The van der Waals surface area contributed by atoms with Crippen molar-refractivity contribution in [2.75, 3.05) is 0 Å². The Morgan fingerprint density at radius 2 is 1.77 bits per heavy atom. The Bertz CT molecular complexity index is 540. The molecule has 0 spiro atoms. The van der Waals surface area contributed by atoms with Crippen molar-refractivity contribution >= 4 is 0 Å². The van der Waals surface area contributed by atoms with Gasteiger partial charge in [-0.15, -0.1) is 35.9 Å². The molecule has 4 nitrogen and oxygen atoms in total. The molecule has 2 unspecified atom stereocenters. The minimum absolute atomic E-state index is 0. The second-order valence-corrected chi connectivity index (χ2v) is 5.16. The summed E-state index contributed by atoms with van der Waals surface area (Å²) >= 11 is 0. The summed E-state index contributed by atoms with van der Waals surface area (Å²) in [6.45, 7) is 7.23. The normalized spacial score (nSPS) is 12.5. The first kappa shape index (κ1) is 20.9. The number of hydrogen-bond acceptors (Lipinski definition) is 4. The summed E-state index contributed by atoms with van der Waals surface area (Å²) in [5, 5.41) is 17.1. The average molecular weight is 480 g/mol. The Labute approximate surface area is 146 Å². The van der Waals surface area contributed by atoms with Gasteiger partial charge >= 0.3 is 0 Å². The molecule has 1 aromatic carbocycles. The third kappa shape index (κ3) is 7.76. The molecule has 5 heteroatoms. The van der Waals surface area contributed by atoms with Crippen LogP contribution in [0.5, 0.6) is 0 Å². The van der Waals surface area contributed by atoms with Crippen LogP contribution in [0.15, 0.2) is 30.5 Å². The van der Waals surface area contributed by atoms with Crippen LogP contribution in [0.3, 0.4) is 0 Å². The van der Waals surface area contributed by atoms with Gasteiger partial charge in [0, 0.05) is 37.7 Å². The monoisotopic (exact) mass is 480 g/mol. The largest absolute Gasteiger partial charge is 0.393 e. The molecule has 0 bridgehead atoms. The minimum Gasteiger partial charge on any atom is -0.393 e. The fraction of sp³-hybridized carbons (Fsp3) is 0.412. The first-order chi connectivity index (χ1) is 9.90. The van der Waals surface area contributed by atoms with E-state index in [0.29, 0.717) is 6.42 Å². The maximum atomic E-state index is 8.56. The van der Waals surface area contributed by atoms with Gasteiger partial charge < -0.3 is 15.2 Å². The van der Waals surface area contributed by atoms with Gasteiger partial charge in [0.25, 0.3) is 0 Å². The first-order valence-electron chi connectivity index (χ1n) is 7.03. The molecular formula is C17H23IrN2O2-. The third-order valence-electron chi connectivity index (χ3n) is 2.71. The molecule has 0 saturated carbocycles. The van der Waals surface area contributed by atoms with Crippen LogP contribution in [0.2, 0.25) is 0 Å². The molecule has 1 radical (unpaired) electrons. The smallest absolute Gasteiger partial charge is 0.0539 e. The van der Waals surface area contributed by atoms with E-state index >= 15 is 0 Å². The Morgan fingerprint density at radius 3 is 2.18 bits per heavy atom. The van der Waals surface area contributed by atoms with Crippen molar-refractivity contribution in [1.82, 2.24) is 9.97 Å². The van der Waals surface area contributed by atoms with Crippen LogP contribution in [0.4, 0.5) is 0 Å². The summed E-state index contributed by atoms with van der Waals surface area (Å²) in [5.41, 5.74) is 3.81. The fourth-order valence-electron chi connectivity index (χ4n) is 1.90. The summed E-state index contributed by atoms with van der Waals surface area (Å²) in [6, 6.07) is 10.9. The van der Waals surface area contributed by atoms with Gasteiger partial charge in [-0.2, -0.15) is 0 Å². The molecule has 1 heterocycles. The van der Waals surface area contributed by atoms with Crippen molar-refractivity contribution in [3.05, 3.63) is 47.9 Å². The predicted molar refractivity (Wildman–Crippen MR) is 83.8 cm³/mol. The van der Waals surface area contributed by atoms with E-state index < -0.39 is 0 Å². The number of hydrogen-bond donors (Lipinski definition) is 2.